The molecular formula is C16H23N3O3. The summed E-state index contributed by atoms with van der Waals surface area (Å²) >= 11 is 0. The van der Waals surface area contributed by atoms with Gasteiger partial charge in [0.1, 0.15) is 6.10 Å². The van der Waals surface area contributed by atoms with E-state index in [-0.39, 0.29) is 12.0 Å². The molecule has 120 valence electrons. The first-order chi connectivity index (χ1) is 10.7. The molecule has 0 unspecified atom stereocenters. The van der Waals surface area contributed by atoms with E-state index in [9.17, 15) is 4.79 Å². The summed E-state index contributed by atoms with van der Waals surface area (Å²) in [5.74, 6) is 1.82. The van der Waals surface area contributed by atoms with E-state index in [0.717, 1.165) is 25.7 Å². The standard InChI is InChI=1S/C16H23N3O3/c1-21-15-9-17-10-16(19-15)22-13-6-4-12(5-7-13)18-14(20)8-11-2-3-11/h9-13H,2-8H2,1H3,(H,18,20). The molecule has 0 radical (unpaired) electrons. The molecule has 0 saturated heterocycles. The zero-order valence-electron chi connectivity index (χ0n) is 13.0. The van der Waals surface area contributed by atoms with Crippen molar-refractivity contribution in [2.75, 3.05) is 7.11 Å². The fourth-order valence-corrected chi connectivity index (χ4v) is 2.85. The van der Waals surface area contributed by atoms with E-state index in [0.29, 0.717) is 30.1 Å². The van der Waals surface area contributed by atoms with Gasteiger partial charge >= 0.3 is 0 Å². The van der Waals surface area contributed by atoms with Gasteiger partial charge in [-0.2, -0.15) is 4.98 Å². The molecule has 1 amide bonds. The number of methoxy groups -OCH3 is 1. The van der Waals surface area contributed by atoms with Crippen LogP contribution in [-0.2, 0) is 4.79 Å². The smallest absolute Gasteiger partial charge is 0.235 e. The Morgan fingerprint density at radius 1 is 1.18 bits per heavy atom. The molecule has 2 saturated carbocycles. The Balaban J connectivity index is 1.41. The zero-order valence-corrected chi connectivity index (χ0v) is 13.0. The lowest BCUT2D eigenvalue weighted by atomic mass is 9.93. The van der Waals surface area contributed by atoms with Gasteiger partial charge in [-0.15, -0.1) is 0 Å². The van der Waals surface area contributed by atoms with Gasteiger partial charge in [-0.1, -0.05) is 0 Å². The van der Waals surface area contributed by atoms with E-state index in [1.807, 2.05) is 0 Å². The number of ether oxygens (including phenoxy) is 2. The minimum atomic E-state index is 0.137. The molecule has 0 aliphatic heterocycles. The number of hydrogen-bond donors (Lipinski definition) is 1. The Bertz CT molecular complexity index is 511. The maximum atomic E-state index is 11.8. The topological polar surface area (TPSA) is 73.3 Å². The van der Waals surface area contributed by atoms with Crippen molar-refractivity contribution in [3.8, 4) is 11.8 Å². The van der Waals surface area contributed by atoms with Gasteiger partial charge in [0, 0.05) is 12.5 Å². The van der Waals surface area contributed by atoms with Gasteiger partial charge in [0.2, 0.25) is 17.7 Å². The van der Waals surface area contributed by atoms with Crippen LogP contribution in [0.2, 0.25) is 0 Å². The molecule has 0 aromatic carbocycles. The minimum Gasteiger partial charge on any atom is -0.480 e. The van der Waals surface area contributed by atoms with E-state index >= 15 is 0 Å². The second kappa shape index (κ2) is 6.94. The van der Waals surface area contributed by atoms with Gasteiger partial charge in [0.25, 0.3) is 0 Å². The van der Waals surface area contributed by atoms with Gasteiger partial charge in [-0.25, -0.2) is 0 Å². The first kappa shape index (κ1) is 15.1. The number of nitrogens with zero attached hydrogens (tertiary/aromatic N) is 2. The highest BCUT2D eigenvalue weighted by Crippen LogP contribution is 2.32. The van der Waals surface area contributed by atoms with Crippen molar-refractivity contribution >= 4 is 5.91 Å². The Hall–Kier alpha value is -1.85. The van der Waals surface area contributed by atoms with Crippen molar-refractivity contribution in [2.45, 2.75) is 57.1 Å². The highest BCUT2D eigenvalue weighted by molar-refractivity contribution is 5.76. The third kappa shape index (κ3) is 4.32. The number of rotatable bonds is 6. The zero-order chi connectivity index (χ0) is 15.4. The van der Waals surface area contributed by atoms with Crippen LogP contribution >= 0.6 is 0 Å². The summed E-state index contributed by atoms with van der Waals surface area (Å²) in [6.07, 6.45) is 10.2. The third-order valence-electron chi connectivity index (χ3n) is 4.30. The minimum absolute atomic E-state index is 0.137. The number of amides is 1. The lowest BCUT2D eigenvalue weighted by Gasteiger charge is -2.29. The van der Waals surface area contributed by atoms with Crippen LogP contribution in [0.5, 0.6) is 11.8 Å². The molecule has 1 aromatic rings. The monoisotopic (exact) mass is 305 g/mol. The summed E-state index contributed by atoms with van der Waals surface area (Å²) in [4.78, 5) is 20.1. The van der Waals surface area contributed by atoms with Gasteiger partial charge < -0.3 is 14.8 Å². The quantitative estimate of drug-likeness (QED) is 0.871. The second-order valence-electron chi connectivity index (χ2n) is 6.21. The Morgan fingerprint density at radius 2 is 1.91 bits per heavy atom. The number of carbonyl (C=O) groups excluding carboxylic acids is 1. The molecule has 2 aliphatic rings. The maximum Gasteiger partial charge on any atom is 0.235 e. The first-order valence-corrected chi connectivity index (χ1v) is 8.05. The van der Waals surface area contributed by atoms with Crippen LogP contribution in [0.15, 0.2) is 12.4 Å². The van der Waals surface area contributed by atoms with E-state index in [4.69, 9.17) is 9.47 Å². The average molecular weight is 305 g/mol. The molecule has 6 heteroatoms. The van der Waals surface area contributed by atoms with Crippen LogP contribution < -0.4 is 14.8 Å². The summed E-state index contributed by atoms with van der Waals surface area (Å²) in [5.41, 5.74) is 0. The second-order valence-corrected chi connectivity index (χ2v) is 6.21. The predicted octanol–water partition coefficient (Wildman–Crippen LogP) is 2.09. The van der Waals surface area contributed by atoms with Crippen LogP contribution in [0.25, 0.3) is 0 Å². The van der Waals surface area contributed by atoms with E-state index < -0.39 is 0 Å². The average Bonchev–Trinajstić information content (AvgIpc) is 3.33. The fourth-order valence-electron chi connectivity index (χ4n) is 2.85. The molecule has 0 atom stereocenters. The van der Waals surface area contributed by atoms with Crippen LogP contribution in [0.3, 0.4) is 0 Å². The Kier molecular flexibility index (Phi) is 4.75. The number of nitrogens with one attached hydrogen (secondary N) is 1. The third-order valence-corrected chi connectivity index (χ3v) is 4.30. The summed E-state index contributed by atoms with van der Waals surface area (Å²) in [6, 6.07) is 0.294. The summed E-state index contributed by atoms with van der Waals surface area (Å²) in [5, 5.41) is 3.15. The van der Waals surface area contributed by atoms with E-state index in [2.05, 4.69) is 15.3 Å². The molecule has 2 fully saturated rings. The van der Waals surface area contributed by atoms with Crippen molar-refractivity contribution in [3.63, 3.8) is 0 Å². The van der Waals surface area contributed by atoms with E-state index in [1.165, 1.54) is 12.8 Å². The summed E-state index contributed by atoms with van der Waals surface area (Å²) in [6.45, 7) is 0. The lowest BCUT2D eigenvalue weighted by Crippen LogP contribution is -2.39. The van der Waals surface area contributed by atoms with Crippen LogP contribution in [0.4, 0.5) is 0 Å². The molecule has 2 aliphatic carbocycles. The summed E-state index contributed by atoms with van der Waals surface area (Å²) in [7, 11) is 1.56. The molecule has 22 heavy (non-hydrogen) atoms. The van der Waals surface area contributed by atoms with Gasteiger partial charge in [0.05, 0.1) is 19.5 Å². The molecule has 1 heterocycles. The molecule has 3 rings (SSSR count). The normalized spacial score (nSPS) is 24.6. The van der Waals surface area contributed by atoms with Crippen molar-refractivity contribution in [3.05, 3.63) is 12.4 Å². The summed E-state index contributed by atoms with van der Waals surface area (Å²) < 4.78 is 10.9. The largest absolute Gasteiger partial charge is 0.480 e. The molecule has 0 bridgehead atoms. The van der Waals surface area contributed by atoms with Crippen molar-refractivity contribution in [2.24, 2.45) is 5.92 Å². The molecular weight excluding hydrogens is 282 g/mol. The molecule has 6 nitrogen and oxygen atoms in total. The molecule has 1 aromatic heterocycles. The highest BCUT2D eigenvalue weighted by atomic mass is 16.5. The predicted molar refractivity (Wildman–Crippen MR) is 80.7 cm³/mol. The number of carbonyl (C=O) groups is 1. The van der Waals surface area contributed by atoms with Crippen molar-refractivity contribution < 1.29 is 14.3 Å². The Morgan fingerprint density at radius 3 is 2.59 bits per heavy atom. The SMILES string of the molecule is COc1cncc(OC2CCC(NC(=O)CC3CC3)CC2)n1. The van der Waals surface area contributed by atoms with Gasteiger partial charge in [-0.3, -0.25) is 9.78 Å². The highest BCUT2D eigenvalue weighted by Gasteiger charge is 2.27. The Labute approximate surface area is 130 Å². The lowest BCUT2D eigenvalue weighted by molar-refractivity contribution is -0.122. The van der Waals surface area contributed by atoms with Crippen LogP contribution in [0.1, 0.15) is 44.9 Å². The molecule has 1 N–H and O–H groups in total. The van der Waals surface area contributed by atoms with Crippen LogP contribution in [-0.4, -0.2) is 35.1 Å². The van der Waals surface area contributed by atoms with Gasteiger partial charge in [0.15, 0.2) is 0 Å². The molecule has 0 spiro atoms. The van der Waals surface area contributed by atoms with Crippen molar-refractivity contribution in [1.82, 2.24) is 15.3 Å². The van der Waals surface area contributed by atoms with Crippen molar-refractivity contribution in [1.29, 1.82) is 0 Å². The number of hydrogen-bond acceptors (Lipinski definition) is 5. The maximum absolute atomic E-state index is 11.8. The first-order valence-electron chi connectivity index (χ1n) is 8.05. The van der Waals surface area contributed by atoms with Gasteiger partial charge in [-0.05, 0) is 44.4 Å². The van der Waals surface area contributed by atoms with Crippen LogP contribution in [0, 0.1) is 5.92 Å². The fraction of sp³-hybridized carbons (Fsp3) is 0.688. The number of aromatic nitrogens is 2. The van der Waals surface area contributed by atoms with E-state index in [1.54, 1.807) is 19.5 Å².